The lowest BCUT2D eigenvalue weighted by atomic mass is 10.2. The van der Waals surface area contributed by atoms with Gasteiger partial charge in [-0.25, -0.2) is 0 Å². The number of ether oxygens (including phenoxy) is 1. The molecule has 1 aromatic carbocycles. The van der Waals surface area contributed by atoms with Gasteiger partial charge in [-0.05, 0) is 26.0 Å². The van der Waals surface area contributed by atoms with Crippen molar-refractivity contribution in [3.8, 4) is 5.75 Å². The van der Waals surface area contributed by atoms with Gasteiger partial charge >= 0.3 is 0 Å². The Morgan fingerprint density at radius 1 is 1.40 bits per heavy atom. The van der Waals surface area contributed by atoms with E-state index < -0.39 is 0 Å². The summed E-state index contributed by atoms with van der Waals surface area (Å²) >= 11 is 0. The van der Waals surface area contributed by atoms with Gasteiger partial charge in [0, 0.05) is 19.1 Å². The lowest BCUT2D eigenvalue weighted by Crippen LogP contribution is -2.38. The minimum Gasteiger partial charge on any atom is -0.495 e. The molecular weight excluding hydrogens is 188 g/mol. The smallest absolute Gasteiger partial charge is 0.142 e. The molecule has 1 aromatic rings. The van der Waals surface area contributed by atoms with Crippen LogP contribution in [0.4, 0.5) is 5.69 Å². The number of nitrogens with two attached hydrogens (primary N) is 1. The van der Waals surface area contributed by atoms with Crippen LogP contribution < -0.4 is 15.4 Å². The molecule has 3 heteroatoms. The van der Waals surface area contributed by atoms with Gasteiger partial charge in [0.25, 0.3) is 0 Å². The third-order valence-electron chi connectivity index (χ3n) is 2.61. The normalized spacial score (nSPS) is 12.3. The summed E-state index contributed by atoms with van der Waals surface area (Å²) in [5.74, 6) is 0.902. The van der Waals surface area contributed by atoms with E-state index in [1.54, 1.807) is 7.11 Å². The number of benzene rings is 1. The lowest BCUT2D eigenvalue weighted by molar-refractivity contribution is 0.413. The predicted molar refractivity (Wildman–Crippen MR) is 64.5 cm³/mol. The van der Waals surface area contributed by atoms with E-state index >= 15 is 0 Å². The topological polar surface area (TPSA) is 38.5 Å². The molecule has 0 aliphatic heterocycles. The highest BCUT2D eigenvalue weighted by molar-refractivity contribution is 5.58. The van der Waals surface area contributed by atoms with E-state index in [9.17, 15) is 0 Å². The fourth-order valence-electron chi connectivity index (χ4n) is 1.71. The molecule has 0 aromatic heterocycles. The zero-order valence-electron chi connectivity index (χ0n) is 9.73. The molecule has 0 radical (unpaired) electrons. The molecular formula is C12H20N2O. The van der Waals surface area contributed by atoms with E-state index in [1.165, 1.54) is 0 Å². The SMILES string of the molecule is CCN(c1ccccc1OC)C(C)CN. The third kappa shape index (κ3) is 2.63. The zero-order valence-corrected chi connectivity index (χ0v) is 9.73. The third-order valence-corrected chi connectivity index (χ3v) is 2.61. The molecule has 84 valence electrons. The second-order valence-electron chi connectivity index (χ2n) is 3.54. The Morgan fingerprint density at radius 2 is 2.07 bits per heavy atom. The molecule has 1 unspecified atom stereocenters. The van der Waals surface area contributed by atoms with Gasteiger partial charge < -0.3 is 15.4 Å². The van der Waals surface area contributed by atoms with Gasteiger partial charge in [0.1, 0.15) is 5.75 Å². The number of rotatable bonds is 5. The van der Waals surface area contributed by atoms with Crippen LogP contribution in [0, 0.1) is 0 Å². The molecule has 0 aliphatic rings. The average molecular weight is 208 g/mol. The molecule has 2 N–H and O–H groups in total. The first-order chi connectivity index (χ1) is 7.24. The standard InChI is InChI=1S/C12H20N2O/c1-4-14(10(2)9-13)11-7-5-6-8-12(11)15-3/h5-8,10H,4,9,13H2,1-3H3. The monoisotopic (exact) mass is 208 g/mol. The number of likely N-dealkylation sites (N-methyl/N-ethyl adjacent to an activating group) is 1. The number of hydrogen-bond donors (Lipinski definition) is 1. The number of anilines is 1. The summed E-state index contributed by atoms with van der Waals surface area (Å²) in [6.07, 6.45) is 0. The van der Waals surface area contributed by atoms with Crippen molar-refractivity contribution in [2.45, 2.75) is 19.9 Å². The van der Waals surface area contributed by atoms with Crippen LogP contribution in [-0.4, -0.2) is 26.2 Å². The maximum Gasteiger partial charge on any atom is 0.142 e. The average Bonchev–Trinajstić information content (AvgIpc) is 2.30. The molecule has 0 amide bonds. The Kier molecular flexibility index (Phi) is 4.43. The molecule has 15 heavy (non-hydrogen) atoms. The van der Waals surface area contributed by atoms with Crippen molar-refractivity contribution in [3.63, 3.8) is 0 Å². The Labute approximate surface area is 91.8 Å². The van der Waals surface area contributed by atoms with Gasteiger partial charge in [0.2, 0.25) is 0 Å². The minimum atomic E-state index is 0.325. The van der Waals surface area contributed by atoms with Crippen LogP contribution in [0.5, 0.6) is 5.75 Å². The van der Waals surface area contributed by atoms with Gasteiger partial charge in [-0.3, -0.25) is 0 Å². The van der Waals surface area contributed by atoms with Crippen LogP contribution in [0.3, 0.4) is 0 Å². The molecule has 0 aliphatic carbocycles. The van der Waals surface area contributed by atoms with Gasteiger partial charge in [-0.2, -0.15) is 0 Å². The quantitative estimate of drug-likeness (QED) is 0.802. The molecule has 1 rings (SSSR count). The van der Waals surface area contributed by atoms with Crippen LogP contribution in [0.1, 0.15) is 13.8 Å². The second kappa shape index (κ2) is 5.61. The fraction of sp³-hybridized carbons (Fsp3) is 0.500. The molecule has 0 heterocycles. The van der Waals surface area contributed by atoms with Crippen molar-refractivity contribution in [2.24, 2.45) is 5.73 Å². The van der Waals surface area contributed by atoms with Crippen molar-refractivity contribution < 1.29 is 4.74 Å². The van der Waals surface area contributed by atoms with Crippen LogP contribution in [0.2, 0.25) is 0 Å². The minimum absolute atomic E-state index is 0.325. The molecule has 0 saturated carbocycles. The van der Waals surface area contributed by atoms with Gasteiger partial charge in [0.15, 0.2) is 0 Å². The highest BCUT2D eigenvalue weighted by Gasteiger charge is 2.14. The van der Waals surface area contributed by atoms with E-state index in [1.807, 2.05) is 18.2 Å². The highest BCUT2D eigenvalue weighted by atomic mass is 16.5. The molecule has 1 atom stereocenters. The Balaban J connectivity index is 3.00. The Morgan fingerprint density at radius 3 is 2.60 bits per heavy atom. The Hall–Kier alpha value is -1.22. The van der Waals surface area contributed by atoms with E-state index in [0.29, 0.717) is 12.6 Å². The first kappa shape index (κ1) is 11.9. The molecule has 0 bridgehead atoms. The van der Waals surface area contributed by atoms with Crippen molar-refractivity contribution >= 4 is 5.69 Å². The first-order valence-electron chi connectivity index (χ1n) is 5.34. The van der Waals surface area contributed by atoms with E-state index in [-0.39, 0.29) is 0 Å². The summed E-state index contributed by atoms with van der Waals surface area (Å²) < 4.78 is 5.34. The first-order valence-corrected chi connectivity index (χ1v) is 5.34. The van der Waals surface area contributed by atoms with Crippen LogP contribution >= 0.6 is 0 Å². The van der Waals surface area contributed by atoms with Crippen LogP contribution in [-0.2, 0) is 0 Å². The summed E-state index contributed by atoms with van der Waals surface area (Å²) in [4.78, 5) is 2.25. The molecule has 0 saturated heterocycles. The van der Waals surface area contributed by atoms with Gasteiger partial charge in [-0.1, -0.05) is 12.1 Å². The Bertz CT molecular complexity index is 301. The van der Waals surface area contributed by atoms with Gasteiger partial charge in [-0.15, -0.1) is 0 Å². The molecule has 3 nitrogen and oxygen atoms in total. The summed E-state index contributed by atoms with van der Waals surface area (Å²) in [7, 11) is 1.69. The highest BCUT2D eigenvalue weighted by Crippen LogP contribution is 2.28. The van der Waals surface area contributed by atoms with Gasteiger partial charge in [0.05, 0.1) is 12.8 Å². The summed E-state index contributed by atoms with van der Waals surface area (Å²) in [6.45, 7) is 5.82. The van der Waals surface area contributed by atoms with Crippen LogP contribution in [0.25, 0.3) is 0 Å². The lowest BCUT2D eigenvalue weighted by Gasteiger charge is -2.30. The largest absolute Gasteiger partial charge is 0.495 e. The summed E-state index contributed by atoms with van der Waals surface area (Å²) in [5.41, 5.74) is 6.81. The fourth-order valence-corrected chi connectivity index (χ4v) is 1.71. The second-order valence-corrected chi connectivity index (χ2v) is 3.54. The van der Waals surface area contributed by atoms with E-state index in [0.717, 1.165) is 18.0 Å². The predicted octanol–water partition coefficient (Wildman–Crippen LogP) is 1.87. The molecule has 0 spiro atoms. The molecule has 0 fully saturated rings. The summed E-state index contributed by atoms with van der Waals surface area (Å²) in [5, 5.41) is 0. The van der Waals surface area contributed by atoms with E-state index in [4.69, 9.17) is 10.5 Å². The summed E-state index contributed by atoms with van der Waals surface area (Å²) in [6, 6.07) is 8.36. The number of hydrogen-bond acceptors (Lipinski definition) is 3. The number of methoxy groups -OCH3 is 1. The van der Waals surface area contributed by atoms with Crippen LogP contribution in [0.15, 0.2) is 24.3 Å². The van der Waals surface area contributed by atoms with Crippen molar-refractivity contribution in [3.05, 3.63) is 24.3 Å². The van der Waals surface area contributed by atoms with E-state index in [2.05, 4.69) is 24.8 Å². The van der Waals surface area contributed by atoms with Crippen molar-refractivity contribution in [1.29, 1.82) is 0 Å². The van der Waals surface area contributed by atoms with Crippen molar-refractivity contribution in [2.75, 3.05) is 25.1 Å². The maximum absolute atomic E-state index is 5.69. The number of para-hydroxylation sites is 2. The van der Waals surface area contributed by atoms with Crippen molar-refractivity contribution in [1.82, 2.24) is 0 Å². The zero-order chi connectivity index (χ0) is 11.3. The number of nitrogens with zero attached hydrogens (tertiary/aromatic N) is 1. The maximum atomic E-state index is 5.69.